The number of benzene rings is 2. The van der Waals surface area contributed by atoms with E-state index in [1.165, 1.54) is 17.7 Å². The van der Waals surface area contributed by atoms with E-state index in [-0.39, 0.29) is 17.8 Å². The zero-order valence-electron chi connectivity index (χ0n) is 15.5. The molecule has 0 saturated heterocycles. The highest BCUT2D eigenvalue weighted by molar-refractivity contribution is 5.83. The van der Waals surface area contributed by atoms with Crippen LogP contribution < -0.4 is 0 Å². The number of amides is 1. The van der Waals surface area contributed by atoms with E-state index in [9.17, 15) is 9.18 Å². The Morgan fingerprint density at radius 3 is 2.54 bits per heavy atom. The summed E-state index contributed by atoms with van der Waals surface area (Å²) in [4.78, 5) is 16.6. The molecule has 1 amide bonds. The molecule has 0 spiro atoms. The monoisotopic (exact) mass is 356 g/mol. The van der Waals surface area contributed by atoms with Crippen molar-refractivity contribution in [3.63, 3.8) is 0 Å². The normalized spacial score (nSPS) is 17.7. The van der Waals surface area contributed by atoms with Crippen molar-refractivity contribution in [1.82, 2.24) is 9.80 Å². The minimum atomic E-state index is -0.459. The SMILES string of the molecule is CN(C[C@H]1OCCc2ccccc21)C(=O)[C@@H](c1ccc(F)cc1)N(C)C. The zero-order chi connectivity index (χ0) is 18.7. The van der Waals surface area contributed by atoms with Crippen LogP contribution in [0.25, 0.3) is 0 Å². The average Bonchev–Trinajstić information content (AvgIpc) is 2.63. The molecule has 3 rings (SSSR count). The van der Waals surface area contributed by atoms with Gasteiger partial charge in [0.05, 0.1) is 13.2 Å². The Hall–Kier alpha value is -2.24. The number of ether oxygens (including phenoxy) is 1. The summed E-state index contributed by atoms with van der Waals surface area (Å²) in [6.45, 7) is 1.15. The fourth-order valence-corrected chi connectivity index (χ4v) is 3.48. The van der Waals surface area contributed by atoms with E-state index >= 15 is 0 Å². The Balaban J connectivity index is 1.77. The molecule has 1 aliphatic heterocycles. The standard InChI is InChI=1S/C21H25FN2O2/c1-23(2)20(16-8-10-17(22)11-9-16)21(25)24(3)14-19-18-7-5-4-6-15(18)12-13-26-19/h4-11,19-20H,12-14H2,1-3H3/t19-,20-/m1/s1. The van der Waals surface area contributed by atoms with Crippen LogP contribution in [0.15, 0.2) is 48.5 Å². The van der Waals surface area contributed by atoms with Crippen molar-refractivity contribution in [2.45, 2.75) is 18.6 Å². The largest absolute Gasteiger partial charge is 0.371 e. The van der Waals surface area contributed by atoms with E-state index in [1.807, 2.05) is 31.1 Å². The van der Waals surface area contributed by atoms with Gasteiger partial charge in [-0.2, -0.15) is 0 Å². The zero-order valence-corrected chi connectivity index (χ0v) is 15.5. The minimum Gasteiger partial charge on any atom is -0.371 e. The van der Waals surface area contributed by atoms with Crippen LogP contribution in [0, 0.1) is 5.82 Å². The molecule has 2 aromatic rings. The topological polar surface area (TPSA) is 32.8 Å². The number of likely N-dealkylation sites (N-methyl/N-ethyl adjacent to an activating group) is 2. The Morgan fingerprint density at radius 1 is 1.15 bits per heavy atom. The Labute approximate surface area is 154 Å². The molecule has 0 saturated carbocycles. The van der Waals surface area contributed by atoms with Gasteiger partial charge in [0.1, 0.15) is 18.0 Å². The smallest absolute Gasteiger partial charge is 0.244 e. The van der Waals surface area contributed by atoms with E-state index in [2.05, 4.69) is 12.1 Å². The third-order valence-corrected chi connectivity index (χ3v) is 4.84. The average molecular weight is 356 g/mol. The van der Waals surface area contributed by atoms with Gasteiger partial charge in [0, 0.05) is 7.05 Å². The maximum atomic E-state index is 13.2. The van der Waals surface area contributed by atoms with Gasteiger partial charge in [-0.15, -0.1) is 0 Å². The van der Waals surface area contributed by atoms with Crippen LogP contribution in [-0.4, -0.2) is 50.0 Å². The predicted octanol–water partition coefficient (Wildman–Crippen LogP) is 3.20. The van der Waals surface area contributed by atoms with Gasteiger partial charge in [-0.05, 0) is 49.3 Å². The second-order valence-electron chi connectivity index (χ2n) is 6.94. The fraction of sp³-hybridized carbons (Fsp3) is 0.381. The van der Waals surface area contributed by atoms with Crippen LogP contribution in [0.4, 0.5) is 4.39 Å². The van der Waals surface area contributed by atoms with E-state index < -0.39 is 6.04 Å². The molecule has 4 nitrogen and oxygen atoms in total. The molecule has 138 valence electrons. The lowest BCUT2D eigenvalue weighted by molar-refractivity contribution is -0.137. The van der Waals surface area contributed by atoms with Gasteiger partial charge in [0.15, 0.2) is 0 Å². The van der Waals surface area contributed by atoms with Crippen LogP contribution >= 0.6 is 0 Å². The van der Waals surface area contributed by atoms with Crippen molar-refractivity contribution in [2.75, 3.05) is 34.3 Å². The molecule has 26 heavy (non-hydrogen) atoms. The van der Waals surface area contributed by atoms with Crippen LogP contribution in [0.3, 0.4) is 0 Å². The van der Waals surface area contributed by atoms with Crippen molar-refractivity contribution in [2.24, 2.45) is 0 Å². The van der Waals surface area contributed by atoms with Gasteiger partial charge in [-0.1, -0.05) is 36.4 Å². The highest BCUT2D eigenvalue weighted by Gasteiger charge is 2.29. The number of carbonyl (C=O) groups is 1. The molecular formula is C21H25FN2O2. The summed E-state index contributed by atoms with van der Waals surface area (Å²) in [5.41, 5.74) is 3.21. The highest BCUT2D eigenvalue weighted by Crippen LogP contribution is 2.29. The molecule has 0 unspecified atom stereocenters. The first-order valence-electron chi connectivity index (χ1n) is 8.83. The highest BCUT2D eigenvalue weighted by atomic mass is 19.1. The molecule has 2 aromatic carbocycles. The summed E-state index contributed by atoms with van der Waals surface area (Å²) in [6.07, 6.45) is 0.783. The number of hydrogen-bond donors (Lipinski definition) is 0. The number of fused-ring (bicyclic) bond motifs is 1. The van der Waals surface area contributed by atoms with Gasteiger partial charge in [0.2, 0.25) is 5.91 Å². The molecule has 0 N–H and O–H groups in total. The van der Waals surface area contributed by atoms with Gasteiger partial charge < -0.3 is 9.64 Å². The van der Waals surface area contributed by atoms with Gasteiger partial charge in [-0.3, -0.25) is 9.69 Å². The van der Waals surface area contributed by atoms with Crippen LogP contribution in [0.5, 0.6) is 0 Å². The number of hydrogen-bond acceptors (Lipinski definition) is 3. The number of halogens is 1. The minimum absolute atomic E-state index is 0.0340. The molecular weight excluding hydrogens is 331 g/mol. The molecule has 0 aliphatic carbocycles. The Morgan fingerprint density at radius 2 is 1.85 bits per heavy atom. The molecule has 1 aliphatic rings. The first-order valence-corrected chi connectivity index (χ1v) is 8.83. The maximum Gasteiger partial charge on any atom is 0.244 e. The van der Waals surface area contributed by atoms with Crippen LogP contribution in [0.2, 0.25) is 0 Å². The van der Waals surface area contributed by atoms with E-state index in [4.69, 9.17) is 4.74 Å². The number of nitrogens with zero attached hydrogens (tertiary/aromatic N) is 2. The van der Waals surface area contributed by atoms with Crippen molar-refractivity contribution < 1.29 is 13.9 Å². The summed E-state index contributed by atoms with van der Waals surface area (Å²) < 4.78 is 19.2. The van der Waals surface area contributed by atoms with Gasteiger partial charge >= 0.3 is 0 Å². The van der Waals surface area contributed by atoms with Crippen molar-refractivity contribution >= 4 is 5.91 Å². The quantitative estimate of drug-likeness (QED) is 0.825. The lowest BCUT2D eigenvalue weighted by Crippen LogP contribution is -2.41. The van der Waals surface area contributed by atoms with Gasteiger partial charge in [-0.25, -0.2) is 4.39 Å². The molecule has 0 bridgehead atoms. The first kappa shape index (κ1) is 18.5. The van der Waals surface area contributed by atoms with Crippen LogP contribution in [0.1, 0.15) is 28.8 Å². The molecule has 0 fully saturated rings. The summed E-state index contributed by atoms with van der Waals surface area (Å²) in [6, 6.07) is 13.9. The lowest BCUT2D eigenvalue weighted by Gasteiger charge is -2.33. The molecule has 0 radical (unpaired) electrons. The molecule has 2 atom stereocenters. The number of carbonyl (C=O) groups excluding carboxylic acids is 1. The van der Waals surface area contributed by atoms with Crippen molar-refractivity contribution in [1.29, 1.82) is 0 Å². The molecule has 5 heteroatoms. The maximum absolute atomic E-state index is 13.2. The van der Waals surface area contributed by atoms with E-state index in [1.54, 1.807) is 24.1 Å². The molecule has 1 heterocycles. The van der Waals surface area contributed by atoms with Gasteiger partial charge in [0.25, 0.3) is 0 Å². The second-order valence-corrected chi connectivity index (χ2v) is 6.94. The summed E-state index contributed by atoms with van der Waals surface area (Å²) in [5.74, 6) is -0.340. The molecule has 0 aromatic heterocycles. The van der Waals surface area contributed by atoms with Crippen molar-refractivity contribution in [3.05, 3.63) is 71.0 Å². The first-order chi connectivity index (χ1) is 12.5. The lowest BCUT2D eigenvalue weighted by atomic mass is 9.97. The van der Waals surface area contributed by atoms with Crippen molar-refractivity contribution in [3.8, 4) is 0 Å². The summed E-state index contributed by atoms with van der Waals surface area (Å²) in [5, 5.41) is 0. The predicted molar refractivity (Wildman–Crippen MR) is 99.3 cm³/mol. The Bertz CT molecular complexity index is 761. The number of rotatable bonds is 5. The fourth-order valence-electron chi connectivity index (χ4n) is 3.48. The second kappa shape index (κ2) is 7.98. The van der Waals surface area contributed by atoms with E-state index in [0.29, 0.717) is 13.2 Å². The van der Waals surface area contributed by atoms with Crippen LogP contribution in [-0.2, 0) is 16.0 Å². The van der Waals surface area contributed by atoms with E-state index in [0.717, 1.165) is 17.5 Å². The third-order valence-electron chi connectivity index (χ3n) is 4.84. The third kappa shape index (κ3) is 3.94. The summed E-state index contributed by atoms with van der Waals surface area (Å²) in [7, 11) is 5.50. The Kier molecular flexibility index (Phi) is 5.69. The summed E-state index contributed by atoms with van der Waals surface area (Å²) >= 11 is 0.